The van der Waals surface area contributed by atoms with Crippen LogP contribution in [-0.2, 0) is 0 Å². The lowest BCUT2D eigenvalue weighted by molar-refractivity contribution is 0.0741. The highest BCUT2D eigenvalue weighted by molar-refractivity contribution is 5.95. The Bertz CT molecular complexity index is 943. The molecule has 0 spiro atoms. The number of carbonyl (C=O) groups excluding carboxylic acids is 1. The molecule has 0 saturated heterocycles. The molecule has 0 bridgehead atoms. The zero-order chi connectivity index (χ0) is 19.8. The Morgan fingerprint density at radius 2 is 1.96 bits per heavy atom. The summed E-state index contributed by atoms with van der Waals surface area (Å²) in [6.07, 6.45) is 8.76. The number of aliphatic hydroxyl groups is 1. The van der Waals surface area contributed by atoms with Crippen molar-refractivity contribution in [2.24, 2.45) is 0 Å². The smallest absolute Gasteiger partial charge is 0.257 e. The Kier molecular flexibility index (Phi) is 6.59. The van der Waals surface area contributed by atoms with Crippen LogP contribution in [0.25, 0.3) is 17.5 Å². The predicted octanol–water partition coefficient (Wildman–Crippen LogP) is 2.99. The van der Waals surface area contributed by atoms with Gasteiger partial charge in [-0.05, 0) is 24.6 Å². The monoisotopic (exact) mass is 374 g/mol. The number of nitrogens with zero attached hydrogens (tertiary/aromatic N) is 4. The van der Waals surface area contributed by atoms with Gasteiger partial charge >= 0.3 is 0 Å². The summed E-state index contributed by atoms with van der Waals surface area (Å²) in [6, 6.07) is 13.5. The lowest BCUT2D eigenvalue weighted by Gasteiger charge is -2.20. The van der Waals surface area contributed by atoms with E-state index in [1.54, 1.807) is 24.2 Å². The van der Waals surface area contributed by atoms with Crippen LogP contribution >= 0.6 is 0 Å². The maximum absolute atomic E-state index is 12.9. The Labute approximate surface area is 164 Å². The zero-order valence-electron chi connectivity index (χ0n) is 15.7. The molecule has 1 aromatic carbocycles. The van der Waals surface area contributed by atoms with Crippen molar-refractivity contribution in [2.75, 3.05) is 19.7 Å². The maximum atomic E-state index is 12.9. The van der Waals surface area contributed by atoms with Crippen molar-refractivity contribution in [3.05, 3.63) is 84.0 Å². The average molecular weight is 374 g/mol. The van der Waals surface area contributed by atoms with Gasteiger partial charge in [0.25, 0.3) is 5.91 Å². The largest absolute Gasteiger partial charge is 0.395 e. The quantitative estimate of drug-likeness (QED) is 0.688. The highest BCUT2D eigenvalue weighted by atomic mass is 16.3. The minimum absolute atomic E-state index is 0.113. The third-order valence-corrected chi connectivity index (χ3v) is 4.22. The number of aromatic nitrogens is 3. The molecule has 2 aromatic heterocycles. The first-order valence-electron chi connectivity index (χ1n) is 9.05. The van der Waals surface area contributed by atoms with Crippen LogP contribution in [0.1, 0.15) is 21.6 Å². The van der Waals surface area contributed by atoms with Gasteiger partial charge in [0.1, 0.15) is 0 Å². The van der Waals surface area contributed by atoms with E-state index >= 15 is 0 Å². The fourth-order valence-corrected chi connectivity index (χ4v) is 2.76. The van der Waals surface area contributed by atoms with Crippen LogP contribution in [-0.4, -0.2) is 50.6 Å². The Balaban J connectivity index is 1.76. The van der Waals surface area contributed by atoms with E-state index in [2.05, 4.69) is 15.0 Å². The van der Waals surface area contributed by atoms with Crippen LogP contribution in [0.2, 0.25) is 0 Å². The van der Waals surface area contributed by atoms with Gasteiger partial charge in [-0.25, -0.2) is 9.97 Å². The molecular formula is C22H22N4O2. The molecule has 142 valence electrons. The maximum Gasteiger partial charge on any atom is 0.257 e. The molecule has 6 heteroatoms. The molecule has 2 heterocycles. The van der Waals surface area contributed by atoms with Gasteiger partial charge in [-0.2, -0.15) is 0 Å². The van der Waals surface area contributed by atoms with Crippen molar-refractivity contribution in [2.45, 2.75) is 6.92 Å². The van der Waals surface area contributed by atoms with E-state index in [0.717, 1.165) is 11.1 Å². The number of aryl methyl sites for hydroxylation is 1. The zero-order valence-corrected chi connectivity index (χ0v) is 15.7. The molecule has 6 nitrogen and oxygen atoms in total. The summed E-state index contributed by atoms with van der Waals surface area (Å²) in [6.45, 7) is 2.30. The van der Waals surface area contributed by atoms with E-state index in [9.17, 15) is 9.90 Å². The fourth-order valence-electron chi connectivity index (χ4n) is 2.76. The number of carbonyl (C=O) groups is 1. The second-order valence-corrected chi connectivity index (χ2v) is 6.22. The third kappa shape index (κ3) is 4.86. The number of hydrogen-bond donors (Lipinski definition) is 1. The Morgan fingerprint density at radius 3 is 2.64 bits per heavy atom. The minimum atomic E-state index is -0.206. The summed E-state index contributed by atoms with van der Waals surface area (Å²) in [5.74, 6) is 0.321. The fraction of sp³-hybridized carbons (Fsp3) is 0.182. The number of pyridine rings is 1. The van der Waals surface area contributed by atoms with E-state index in [4.69, 9.17) is 0 Å². The molecule has 0 radical (unpaired) electrons. The molecule has 28 heavy (non-hydrogen) atoms. The highest BCUT2D eigenvalue weighted by Gasteiger charge is 2.18. The molecule has 1 amide bonds. The third-order valence-electron chi connectivity index (χ3n) is 4.22. The van der Waals surface area contributed by atoms with Crippen LogP contribution in [0, 0.1) is 6.92 Å². The number of aliphatic hydroxyl groups excluding tert-OH is 1. The van der Waals surface area contributed by atoms with Gasteiger partial charge in [-0.15, -0.1) is 0 Å². The lowest BCUT2D eigenvalue weighted by Crippen LogP contribution is -2.34. The van der Waals surface area contributed by atoms with Crippen LogP contribution in [0.15, 0.2) is 67.1 Å². The molecule has 0 fully saturated rings. The van der Waals surface area contributed by atoms with Crippen molar-refractivity contribution < 1.29 is 9.90 Å². The summed E-state index contributed by atoms with van der Waals surface area (Å²) in [7, 11) is 0. The Hall–Kier alpha value is -3.38. The first-order chi connectivity index (χ1) is 13.7. The summed E-state index contributed by atoms with van der Waals surface area (Å²) in [5.41, 5.74) is 2.87. The van der Waals surface area contributed by atoms with Gasteiger partial charge in [-0.1, -0.05) is 42.5 Å². The Morgan fingerprint density at radius 1 is 1.14 bits per heavy atom. The number of hydrogen-bond acceptors (Lipinski definition) is 5. The van der Waals surface area contributed by atoms with E-state index in [1.807, 2.05) is 54.6 Å². The van der Waals surface area contributed by atoms with Gasteiger partial charge in [-0.3, -0.25) is 9.78 Å². The number of amides is 1. The topological polar surface area (TPSA) is 79.2 Å². The van der Waals surface area contributed by atoms with E-state index in [0.29, 0.717) is 23.6 Å². The van der Waals surface area contributed by atoms with Gasteiger partial charge in [0, 0.05) is 37.2 Å². The van der Waals surface area contributed by atoms with Gasteiger partial charge in [0.15, 0.2) is 5.82 Å². The van der Waals surface area contributed by atoms with Gasteiger partial charge < -0.3 is 10.0 Å². The molecule has 0 unspecified atom stereocenters. The van der Waals surface area contributed by atoms with Crippen molar-refractivity contribution in [1.29, 1.82) is 0 Å². The average Bonchev–Trinajstić information content (AvgIpc) is 2.74. The molecule has 0 aliphatic rings. The van der Waals surface area contributed by atoms with Crippen molar-refractivity contribution >= 4 is 12.0 Å². The molecule has 1 N–H and O–H groups in total. The van der Waals surface area contributed by atoms with Crippen LogP contribution < -0.4 is 0 Å². The molecule has 3 aromatic rings. The summed E-state index contributed by atoms with van der Waals surface area (Å²) in [4.78, 5) is 27.4. The van der Waals surface area contributed by atoms with Crippen molar-refractivity contribution in [3.8, 4) is 11.4 Å². The van der Waals surface area contributed by atoms with E-state index in [-0.39, 0.29) is 19.1 Å². The van der Waals surface area contributed by atoms with Gasteiger partial charge in [0.05, 0.1) is 17.9 Å². The summed E-state index contributed by atoms with van der Waals surface area (Å²) < 4.78 is 0. The molecular weight excluding hydrogens is 352 g/mol. The standard InChI is InChI=1S/C22H22N4O2/c1-17-20(16-24-21(25-17)19-10-5-11-23-15-19)22(28)26(13-14-27)12-6-9-18-7-3-2-4-8-18/h2-11,15-16,27H,12-14H2,1H3. The molecule has 0 aliphatic heterocycles. The summed E-state index contributed by atoms with van der Waals surface area (Å²) in [5, 5.41) is 9.35. The number of rotatable bonds is 7. The summed E-state index contributed by atoms with van der Waals surface area (Å²) >= 11 is 0. The molecule has 3 rings (SSSR count). The second-order valence-electron chi connectivity index (χ2n) is 6.22. The van der Waals surface area contributed by atoms with E-state index < -0.39 is 0 Å². The van der Waals surface area contributed by atoms with Crippen LogP contribution in [0.3, 0.4) is 0 Å². The van der Waals surface area contributed by atoms with Crippen molar-refractivity contribution in [1.82, 2.24) is 19.9 Å². The first kappa shape index (κ1) is 19.4. The van der Waals surface area contributed by atoms with Crippen LogP contribution in [0.4, 0.5) is 0 Å². The highest BCUT2D eigenvalue weighted by Crippen LogP contribution is 2.16. The number of benzene rings is 1. The molecule has 0 atom stereocenters. The first-order valence-corrected chi connectivity index (χ1v) is 9.05. The normalized spacial score (nSPS) is 10.9. The van der Waals surface area contributed by atoms with Gasteiger partial charge in [0.2, 0.25) is 0 Å². The van der Waals surface area contributed by atoms with E-state index in [1.165, 1.54) is 6.20 Å². The second kappa shape index (κ2) is 9.53. The molecule has 0 saturated carbocycles. The van der Waals surface area contributed by atoms with Crippen LogP contribution in [0.5, 0.6) is 0 Å². The lowest BCUT2D eigenvalue weighted by atomic mass is 10.2. The molecule has 0 aliphatic carbocycles. The predicted molar refractivity (Wildman–Crippen MR) is 108 cm³/mol. The van der Waals surface area contributed by atoms with Crippen molar-refractivity contribution in [3.63, 3.8) is 0 Å². The minimum Gasteiger partial charge on any atom is -0.395 e. The SMILES string of the molecule is Cc1nc(-c2cccnc2)ncc1C(=O)N(CC=Cc1ccccc1)CCO.